The summed E-state index contributed by atoms with van der Waals surface area (Å²) >= 11 is 7.55. The van der Waals surface area contributed by atoms with Crippen molar-refractivity contribution >= 4 is 23.4 Å². The molecule has 0 amide bonds. The molecular weight excluding hydrogens is 316 g/mol. The van der Waals surface area contributed by atoms with Gasteiger partial charge in [0.1, 0.15) is 0 Å². The van der Waals surface area contributed by atoms with E-state index >= 15 is 0 Å². The van der Waals surface area contributed by atoms with Crippen molar-refractivity contribution in [2.75, 3.05) is 5.75 Å². The van der Waals surface area contributed by atoms with Crippen LogP contribution in [-0.4, -0.2) is 16.0 Å². The van der Waals surface area contributed by atoms with Crippen LogP contribution in [0.1, 0.15) is 12.0 Å². The quantitative estimate of drug-likeness (QED) is 0.465. The second kappa shape index (κ2) is 7.47. The Morgan fingerprint density at radius 3 is 2.68 bits per heavy atom. The van der Waals surface area contributed by atoms with E-state index in [9.17, 15) is 0 Å². The molecule has 0 aliphatic carbocycles. The summed E-state index contributed by atoms with van der Waals surface area (Å²) in [6.45, 7) is 0. The van der Waals surface area contributed by atoms with E-state index in [1.165, 1.54) is 5.56 Å². The highest BCUT2D eigenvalue weighted by molar-refractivity contribution is 7.99. The Morgan fingerprint density at radius 2 is 1.86 bits per heavy atom. The maximum absolute atomic E-state index is 5.97. The van der Waals surface area contributed by atoms with Crippen molar-refractivity contribution in [3.8, 4) is 11.5 Å². The highest BCUT2D eigenvalue weighted by atomic mass is 35.5. The van der Waals surface area contributed by atoms with Gasteiger partial charge < -0.3 is 4.42 Å². The molecule has 3 nitrogen and oxygen atoms in total. The SMILES string of the molecule is Clc1cccc(-c2nnc(SCCCc3ccccc3)o2)c1. The normalized spacial score (nSPS) is 10.8. The van der Waals surface area contributed by atoms with Gasteiger partial charge in [-0.3, -0.25) is 0 Å². The number of hydrogen-bond donors (Lipinski definition) is 0. The number of hydrogen-bond acceptors (Lipinski definition) is 4. The first-order valence-corrected chi connectivity index (χ1v) is 8.44. The second-order valence-corrected chi connectivity index (χ2v) is 6.30. The third kappa shape index (κ3) is 4.12. The molecule has 0 fully saturated rings. The Morgan fingerprint density at radius 1 is 1.00 bits per heavy atom. The molecule has 112 valence electrons. The molecule has 22 heavy (non-hydrogen) atoms. The summed E-state index contributed by atoms with van der Waals surface area (Å²) in [7, 11) is 0. The topological polar surface area (TPSA) is 38.9 Å². The molecule has 2 aromatic carbocycles. The molecule has 0 atom stereocenters. The van der Waals surface area contributed by atoms with Crippen LogP contribution in [0.3, 0.4) is 0 Å². The molecule has 0 aliphatic rings. The van der Waals surface area contributed by atoms with Gasteiger partial charge in [-0.05, 0) is 36.6 Å². The fourth-order valence-corrected chi connectivity index (χ4v) is 2.98. The van der Waals surface area contributed by atoms with Gasteiger partial charge in [-0.15, -0.1) is 10.2 Å². The van der Waals surface area contributed by atoms with Gasteiger partial charge in [0.05, 0.1) is 0 Å². The van der Waals surface area contributed by atoms with Crippen molar-refractivity contribution in [3.05, 3.63) is 65.2 Å². The first-order valence-electron chi connectivity index (χ1n) is 7.07. The summed E-state index contributed by atoms with van der Waals surface area (Å²) < 4.78 is 5.66. The lowest BCUT2D eigenvalue weighted by molar-refractivity contribution is 0.466. The largest absolute Gasteiger partial charge is 0.411 e. The molecule has 0 unspecified atom stereocenters. The fourth-order valence-electron chi connectivity index (χ4n) is 2.09. The molecular formula is C17H15ClN2OS. The van der Waals surface area contributed by atoms with Crippen LogP contribution >= 0.6 is 23.4 Å². The van der Waals surface area contributed by atoms with Crippen LogP contribution in [0.2, 0.25) is 5.02 Å². The number of thioether (sulfide) groups is 1. The zero-order chi connectivity index (χ0) is 15.2. The van der Waals surface area contributed by atoms with Crippen LogP contribution in [0, 0.1) is 0 Å². The summed E-state index contributed by atoms with van der Waals surface area (Å²) in [6, 6.07) is 17.9. The zero-order valence-electron chi connectivity index (χ0n) is 11.9. The third-order valence-corrected chi connectivity index (χ3v) is 4.30. The van der Waals surface area contributed by atoms with Crippen LogP contribution in [0.25, 0.3) is 11.5 Å². The van der Waals surface area contributed by atoms with Gasteiger partial charge in [0.15, 0.2) is 0 Å². The molecule has 0 spiro atoms. The smallest absolute Gasteiger partial charge is 0.276 e. The molecule has 1 heterocycles. The first-order chi connectivity index (χ1) is 10.8. The maximum Gasteiger partial charge on any atom is 0.276 e. The van der Waals surface area contributed by atoms with Crippen molar-refractivity contribution in [2.45, 2.75) is 18.1 Å². The monoisotopic (exact) mass is 330 g/mol. The average molecular weight is 331 g/mol. The van der Waals surface area contributed by atoms with Crippen molar-refractivity contribution in [2.24, 2.45) is 0 Å². The predicted molar refractivity (Wildman–Crippen MR) is 90.2 cm³/mol. The summed E-state index contributed by atoms with van der Waals surface area (Å²) in [5, 5.41) is 9.40. The predicted octanol–water partition coefficient (Wildman–Crippen LogP) is 5.11. The second-order valence-electron chi connectivity index (χ2n) is 4.82. The molecule has 0 saturated carbocycles. The van der Waals surface area contributed by atoms with Crippen molar-refractivity contribution in [1.82, 2.24) is 10.2 Å². The minimum Gasteiger partial charge on any atom is -0.411 e. The molecule has 0 saturated heterocycles. The summed E-state index contributed by atoms with van der Waals surface area (Å²) in [5.41, 5.74) is 2.20. The van der Waals surface area contributed by atoms with Gasteiger partial charge in [-0.1, -0.05) is 59.8 Å². The van der Waals surface area contributed by atoms with Crippen LogP contribution in [0.4, 0.5) is 0 Å². The van der Waals surface area contributed by atoms with E-state index in [0.29, 0.717) is 16.1 Å². The maximum atomic E-state index is 5.97. The van der Waals surface area contributed by atoms with Gasteiger partial charge in [0.2, 0.25) is 5.89 Å². The Labute approximate surface area is 138 Å². The van der Waals surface area contributed by atoms with Crippen molar-refractivity contribution in [1.29, 1.82) is 0 Å². The molecule has 0 aliphatic heterocycles. The molecule has 1 aromatic heterocycles. The number of halogens is 1. The van der Waals surface area contributed by atoms with E-state index in [1.54, 1.807) is 11.8 Å². The first kappa shape index (κ1) is 15.1. The number of aryl methyl sites for hydroxylation is 1. The number of aromatic nitrogens is 2. The Hall–Kier alpha value is -1.78. The van der Waals surface area contributed by atoms with Gasteiger partial charge in [-0.25, -0.2) is 0 Å². The van der Waals surface area contributed by atoms with Crippen molar-refractivity contribution in [3.63, 3.8) is 0 Å². The van der Waals surface area contributed by atoms with Gasteiger partial charge >= 0.3 is 0 Å². The van der Waals surface area contributed by atoms with E-state index in [1.807, 2.05) is 30.3 Å². The minimum atomic E-state index is 0.507. The summed E-state index contributed by atoms with van der Waals surface area (Å²) in [4.78, 5) is 0. The highest BCUT2D eigenvalue weighted by Crippen LogP contribution is 2.25. The van der Waals surface area contributed by atoms with E-state index in [2.05, 4.69) is 34.5 Å². The molecule has 3 aromatic rings. The van der Waals surface area contributed by atoms with Gasteiger partial charge in [0.25, 0.3) is 5.22 Å². The Bertz CT molecular complexity index is 730. The van der Waals surface area contributed by atoms with E-state index in [-0.39, 0.29) is 0 Å². The zero-order valence-corrected chi connectivity index (χ0v) is 13.5. The van der Waals surface area contributed by atoms with Gasteiger partial charge in [0, 0.05) is 16.3 Å². The van der Waals surface area contributed by atoms with Crippen LogP contribution in [-0.2, 0) is 6.42 Å². The van der Waals surface area contributed by atoms with E-state index in [4.69, 9.17) is 16.0 Å². The van der Waals surface area contributed by atoms with Crippen LogP contribution in [0.15, 0.2) is 64.2 Å². The molecule has 0 N–H and O–H groups in total. The lowest BCUT2D eigenvalue weighted by atomic mass is 10.1. The standard InChI is InChI=1S/C17H15ClN2OS/c18-15-10-4-9-14(12-15)16-19-20-17(21-16)22-11-5-8-13-6-2-1-3-7-13/h1-4,6-7,9-10,12H,5,8,11H2. The lowest BCUT2D eigenvalue weighted by Crippen LogP contribution is -1.87. The molecule has 3 rings (SSSR count). The van der Waals surface area contributed by atoms with Crippen LogP contribution < -0.4 is 0 Å². The summed E-state index contributed by atoms with van der Waals surface area (Å²) in [6.07, 6.45) is 2.13. The molecule has 0 bridgehead atoms. The van der Waals surface area contributed by atoms with E-state index < -0.39 is 0 Å². The number of benzene rings is 2. The van der Waals surface area contributed by atoms with Gasteiger partial charge in [-0.2, -0.15) is 0 Å². The minimum absolute atomic E-state index is 0.507. The molecule has 5 heteroatoms. The van der Waals surface area contributed by atoms with Crippen molar-refractivity contribution < 1.29 is 4.42 Å². The number of nitrogens with zero attached hydrogens (tertiary/aromatic N) is 2. The Balaban J connectivity index is 1.52. The Kier molecular flexibility index (Phi) is 5.14. The lowest BCUT2D eigenvalue weighted by Gasteiger charge is -1.99. The van der Waals surface area contributed by atoms with Crippen LogP contribution in [0.5, 0.6) is 0 Å². The third-order valence-electron chi connectivity index (χ3n) is 3.16. The highest BCUT2D eigenvalue weighted by Gasteiger charge is 2.09. The van der Waals surface area contributed by atoms with E-state index in [0.717, 1.165) is 24.2 Å². The fraction of sp³-hybridized carbons (Fsp3) is 0.176. The molecule has 0 radical (unpaired) electrons. The number of rotatable bonds is 6. The average Bonchev–Trinajstić information content (AvgIpc) is 3.02. The summed E-state index contributed by atoms with van der Waals surface area (Å²) in [5.74, 6) is 1.46.